The van der Waals surface area contributed by atoms with Gasteiger partial charge in [-0.3, -0.25) is 0 Å². The summed E-state index contributed by atoms with van der Waals surface area (Å²) in [7, 11) is 1.66. The molecule has 110 valence electrons. The maximum atomic E-state index is 13.4. The molecule has 1 aliphatic carbocycles. The topological polar surface area (TPSA) is 35.2 Å². The number of benzene rings is 2. The number of nitrogens with two attached hydrogens (primary N) is 1. The number of fused-ring (bicyclic) bond motifs is 1. The van der Waals surface area contributed by atoms with Gasteiger partial charge in [-0.15, -0.1) is 0 Å². The predicted molar refractivity (Wildman–Crippen MR) is 85.0 cm³/mol. The van der Waals surface area contributed by atoms with Crippen molar-refractivity contribution in [1.29, 1.82) is 0 Å². The first kappa shape index (κ1) is 14.5. The molecule has 2 aromatic rings. The maximum absolute atomic E-state index is 13.4. The Morgan fingerprint density at radius 2 is 2.10 bits per heavy atom. The molecule has 0 fully saturated rings. The summed E-state index contributed by atoms with van der Waals surface area (Å²) in [4.78, 5) is 0. The van der Waals surface area contributed by atoms with Crippen molar-refractivity contribution in [2.24, 2.45) is 5.73 Å². The lowest BCUT2D eigenvalue weighted by molar-refractivity contribution is 0.407. The molecular weight excluding hydrogens is 333 g/mol. The van der Waals surface area contributed by atoms with Crippen LogP contribution in [0.15, 0.2) is 40.9 Å². The van der Waals surface area contributed by atoms with E-state index in [0.29, 0.717) is 10.9 Å². The molecule has 3 rings (SSSR count). The summed E-state index contributed by atoms with van der Waals surface area (Å²) in [5, 5.41) is 0. The highest BCUT2D eigenvalue weighted by Gasteiger charge is 2.35. The lowest BCUT2D eigenvalue weighted by Crippen LogP contribution is -2.36. The molecule has 4 heteroatoms. The normalized spacial score (nSPS) is 20.4. The molecule has 2 N–H and O–H groups in total. The average molecular weight is 350 g/mol. The number of rotatable bonds is 3. The van der Waals surface area contributed by atoms with Gasteiger partial charge in [-0.25, -0.2) is 4.39 Å². The molecule has 1 atom stereocenters. The lowest BCUT2D eigenvalue weighted by Gasteiger charge is -2.26. The molecule has 0 aromatic heterocycles. The Balaban J connectivity index is 1.94. The van der Waals surface area contributed by atoms with Crippen molar-refractivity contribution in [3.8, 4) is 5.75 Å². The highest BCUT2D eigenvalue weighted by atomic mass is 79.9. The molecule has 0 saturated heterocycles. The van der Waals surface area contributed by atoms with E-state index >= 15 is 0 Å². The van der Waals surface area contributed by atoms with Gasteiger partial charge in [0.05, 0.1) is 11.6 Å². The van der Waals surface area contributed by atoms with Gasteiger partial charge in [0.15, 0.2) is 0 Å². The third-order valence-corrected chi connectivity index (χ3v) is 4.81. The van der Waals surface area contributed by atoms with Crippen molar-refractivity contribution in [1.82, 2.24) is 0 Å². The Hall–Kier alpha value is -1.39. The Labute approximate surface area is 132 Å². The van der Waals surface area contributed by atoms with E-state index in [-0.39, 0.29) is 5.82 Å². The Bertz CT molecular complexity index is 688. The van der Waals surface area contributed by atoms with E-state index in [2.05, 4.69) is 22.0 Å². The first-order chi connectivity index (χ1) is 10.0. The van der Waals surface area contributed by atoms with Gasteiger partial charge in [-0.2, -0.15) is 0 Å². The molecule has 0 heterocycles. The van der Waals surface area contributed by atoms with Crippen molar-refractivity contribution in [3.63, 3.8) is 0 Å². The zero-order chi connectivity index (χ0) is 15.0. The van der Waals surface area contributed by atoms with E-state index in [1.807, 2.05) is 18.2 Å². The summed E-state index contributed by atoms with van der Waals surface area (Å²) >= 11 is 3.23. The summed E-state index contributed by atoms with van der Waals surface area (Å²) < 4.78 is 19.1. The standard InChI is InChI=1S/C17H17BrFNO/c1-21-13-4-3-12-6-7-17(20,14(12)9-13)10-11-2-5-16(19)15(18)8-11/h2-5,8-9H,6-7,10,20H2,1H3. The van der Waals surface area contributed by atoms with Gasteiger partial charge in [0.25, 0.3) is 0 Å². The molecule has 0 amide bonds. The van der Waals surface area contributed by atoms with E-state index in [1.165, 1.54) is 11.6 Å². The SMILES string of the molecule is COc1ccc2c(c1)C(N)(Cc1ccc(F)c(Br)c1)CC2. The molecule has 1 aliphatic rings. The summed E-state index contributed by atoms with van der Waals surface area (Å²) in [6, 6.07) is 11.2. The molecule has 0 spiro atoms. The minimum absolute atomic E-state index is 0.252. The number of halogens is 2. The van der Waals surface area contributed by atoms with Crippen LogP contribution in [-0.4, -0.2) is 7.11 Å². The third kappa shape index (κ3) is 2.70. The molecule has 1 unspecified atom stereocenters. The maximum Gasteiger partial charge on any atom is 0.137 e. The number of methoxy groups -OCH3 is 1. The summed E-state index contributed by atoms with van der Waals surface area (Å²) in [6.45, 7) is 0. The fraction of sp³-hybridized carbons (Fsp3) is 0.294. The van der Waals surface area contributed by atoms with E-state index in [1.54, 1.807) is 13.2 Å². The first-order valence-corrected chi connectivity index (χ1v) is 7.71. The minimum atomic E-state index is -0.416. The second kappa shape index (κ2) is 5.43. The van der Waals surface area contributed by atoms with Crippen LogP contribution in [0, 0.1) is 5.82 Å². The number of hydrogen-bond acceptors (Lipinski definition) is 2. The fourth-order valence-corrected chi connectivity index (χ4v) is 3.48. The number of aryl methyl sites for hydroxylation is 1. The second-order valence-corrected chi connectivity index (χ2v) is 6.46. The van der Waals surface area contributed by atoms with Crippen LogP contribution in [0.4, 0.5) is 4.39 Å². The van der Waals surface area contributed by atoms with Crippen molar-refractivity contribution in [2.75, 3.05) is 7.11 Å². The van der Waals surface area contributed by atoms with Gasteiger partial charge in [0.2, 0.25) is 0 Å². The van der Waals surface area contributed by atoms with Crippen LogP contribution >= 0.6 is 15.9 Å². The quantitative estimate of drug-likeness (QED) is 0.910. The van der Waals surface area contributed by atoms with Crippen molar-refractivity contribution < 1.29 is 9.13 Å². The van der Waals surface area contributed by atoms with Crippen LogP contribution in [-0.2, 0) is 18.4 Å². The van der Waals surface area contributed by atoms with Gasteiger partial charge in [0, 0.05) is 5.54 Å². The fourth-order valence-electron chi connectivity index (χ4n) is 3.05. The van der Waals surface area contributed by atoms with Crippen molar-refractivity contribution >= 4 is 15.9 Å². The molecule has 0 aliphatic heterocycles. The highest BCUT2D eigenvalue weighted by molar-refractivity contribution is 9.10. The Morgan fingerprint density at radius 3 is 2.81 bits per heavy atom. The lowest BCUT2D eigenvalue weighted by atomic mass is 9.86. The van der Waals surface area contributed by atoms with Gasteiger partial charge in [0.1, 0.15) is 11.6 Å². The van der Waals surface area contributed by atoms with E-state index in [9.17, 15) is 4.39 Å². The largest absolute Gasteiger partial charge is 0.497 e. The zero-order valence-corrected chi connectivity index (χ0v) is 13.4. The van der Waals surface area contributed by atoms with Crippen LogP contribution in [0.3, 0.4) is 0 Å². The van der Waals surface area contributed by atoms with Gasteiger partial charge in [-0.05, 0) is 76.1 Å². The van der Waals surface area contributed by atoms with E-state index in [4.69, 9.17) is 10.5 Å². The predicted octanol–water partition coefficient (Wildman–Crippen LogP) is 3.94. The highest BCUT2D eigenvalue weighted by Crippen LogP contribution is 2.39. The Kier molecular flexibility index (Phi) is 3.76. The van der Waals surface area contributed by atoms with Crippen molar-refractivity contribution in [2.45, 2.75) is 24.8 Å². The smallest absolute Gasteiger partial charge is 0.137 e. The van der Waals surface area contributed by atoms with Gasteiger partial charge in [-0.1, -0.05) is 12.1 Å². The molecular formula is C17H17BrFNO. The summed E-state index contributed by atoms with van der Waals surface area (Å²) in [5.41, 5.74) is 9.68. The zero-order valence-electron chi connectivity index (χ0n) is 11.8. The second-order valence-electron chi connectivity index (χ2n) is 5.60. The van der Waals surface area contributed by atoms with E-state index in [0.717, 1.165) is 29.7 Å². The molecule has 2 aromatic carbocycles. The van der Waals surface area contributed by atoms with Gasteiger partial charge < -0.3 is 10.5 Å². The molecule has 0 saturated carbocycles. The van der Waals surface area contributed by atoms with E-state index < -0.39 is 5.54 Å². The van der Waals surface area contributed by atoms with Crippen LogP contribution in [0.5, 0.6) is 5.75 Å². The van der Waals surface area contributed by atoms with Gasteiger partial charge >= 0.3 is 0 Å². The number of hydrogen-bond donors (Lipinski definition) is 1. The Morgan fingerprint density at radius 1 is 1.29 bits per heavy atom. The summed E-state index contributed by atoms with van der Waals surface area (Å²) in [5.74, 6) is 0.573. The molecule has 0 radical (unpaired) electrons. The van der Waals surface area contributed by atoms with Crippen molar-refractivity contribution in [3.05, 3.63) is 63.4 Å². The number of ether oxygens (including phenoxy) is 1. The summed E-state index contributed by atoms with van der Waals surface area (Å²) in [6.07, 6.45) is 2.55. The molecule has 0 bridgehead atoms. The first-order valence-electron chi connectivity index (χ1n) is 6.92. The van der Waals surface area contributed by atoms with Crippen LogP contribution in [0.1, 0.15) is 23.1 Å². The molecule has 21 heavy (non-hydrogen) atoms. The van der Waals surface area contributed by atoms with Crippen LogP contribution < -0.4 is 10.5 Å². The molecule has 2 nitrogen and oxygen atoms in total. The monoisotopic (exact) mass is 349 g/mol. The van der Waals surface area contributed by atoms with Crippen LogP contribution in [0.2, 0.25) is 0 Å². The third-order valence-electron chi connectivity index (χ3n) is 4.20. The minimum Gasteiger partial charge on any atom is -0.497 e. The average Bonchev–Trinajstić information content (AvgIpc) is 2.80. The van der Waals surface area contributed by atoms with Crippen LogP contribution in [0.25, 0.3) is 0 Å².